The Bertz CT molecular complexity index is 742. The minimum atomic E-state index is 0.156. The van der Waals surface area contributed by atoms with Gasteiger partial charge in [0, 0.05) is 11.8 Å². The molecule has 0 bridgehead atoms. The Morgan fingerprint density at radius 3 is 2.15 bits per heavy atom. The number of nitrogens with zero attached hydrogens (tertiary/aromatic N) is 2. The highest BCUT2D eigenvalue weighted by Crippen LogP contribution is 2.34. The molecule has 3 rings (SSSR count). The SMILES string of the molecule is Nc1nc(Cl)ncc1-c1ccccc1-c1ccccc1. The maximum absolute atomic E-state index is 5.96. The van der Waals surface area contributed by atoms with Crippen molar-refractivity contribution in [3.63, 3.8) is 0 Å². The number of nitrogen functional groups attached to an aromatic ring is 1. The largest absolute Gasteiger partial charge is 0.383 e. The van der Waals surface area contributed by atoms with Gasteiger partial charge in [0.25, 0.3) is 0 Å². The lowest BCUT2D eigenvalue weighted by Gasteiger charge is -2.11. The van der Waals surface area contributed by atoms with Crippen molar-refractivity contribution in [2.45, 2.75) is 0 Å². The number of hydrogen-bond acceptors (Lipinski definition) is 3. The minimum Gasteiger partial charge on any atom is -0.383 e. The summed E-state index contributed by atoms with van der Waals surface area (Å²) < 4.78 is 0. The molecule has 2 aromatic carbocycles. The van der Waals surface area contributed by atoms with Gasteiger partial charge >= 0.3 is 0 Å². The second kappa shape index (κ2) is 5.31. The summed E-state index contributed by atoms with van der Waals surface area (Å²) >= 11 is 5.76. The van der Waals surface area contributed by atoms with Crippen LogP contribution in [0, 0.1) is 0 Å². The fourth-order valence-electron chi connectivity index (χ4n) is 2.17. The molecule has 3 nitrogen and oxygen atoms in total. The number of nitrogens with two attached hydrogens (primary N) is 1. The molecule has 0 unspecified atom stereocenters. The molecular formula is C16H12ClN3. The van der Waals surface area contributed by atoms with Gasteiger partial charge in [0.2, 0.25) is 5.28 Å². The molecule has 0 aliphatic carbocycles. The smallest absolute Gasteiger partial charge is 0.224 e. The average molecular weight is 282 g/mol. The minimum absolute atomic E-state index is 0.156. The van der Waals surface area contributed by atoms with Crippen LogP contribution in [0.1, 0.15) is 0 Å². The van der Waals surface area contributed by atoms with Gasteiger partial charge in [0.15, 0.2) is 0 Å². The summed E-state index contributed by atoms with van der Waals surface area (Å²) in [5.41, 5.74) is 9.96. The molecule has 0 aliphatic heterocycles. The second-order valence-electron chi connectivity index (χ2n) is 4.35. The van der Waals surface area contributed by atoms with Crippen LogP contribution in [0.3, 0.4) is 0 Å². The van der Waals surface area contributed by atoms with Crippen molar-refractivity contribution in [3.8, 4) is 22.3 Å². The standard InChI is InChI=1S/C16H12ClN3/c17-16-19-10-14(15(18)20-16)13-9-5-4-8-12(13)11-6-2-1-3-7-11/h1-10H,(H2,18,19,20). The molecule has 0 atom stereocenters. The normalized spacial score (nSPS) is 10.4. The fraction of sp³-hybridized carbons (Fsp3) is 0. The van der Waals surface area contributed by atoms with E-state index in [1.165, 1.54) is 0 Å². The number of benzene rings is 2. The molecule has 0 saturated heterocycles. The lowest BCUT2D eigenvalue weighted by atomic mass is 9.96. The van der Waals surface area contributed by atoms with Crippen LogP contribution < -0.4 is 5.73 Å². The number of aromatic nitrogens is 2. The van der Waals surface area contributed by atoms with Gasteiger partial charge < -0.3 is 5.73 Å². The van der Waals surface area contributed by atoms with Gasteiger partial charge in [0.05, 0.1) is 0 Å². The molecule has 3 aromatic rings. The van der Waals surface area contributed by atoms with Gasteiger partial charge in [-0.15, -0.1) is 0 Å². The van der Waals surface area contributed by atoms with E-state index in [9.17, 15) is 0 Å². The van der Waals surface area contributed by atoms with E-state index < -0.39 is 0 Å². The van der Waals surface area contributed by atoms with Crippen molar-refractivity contribution in [2.75, 3.05) is 5.73 Å². The van der Waals surface area contributed by atoms with Gasteiger partial charge in [-0.25, -0.2) is 9.97 Å². The van der Waals surface area contributed by atoms with Crippen molar-refractivity contribution in [1.82, 2.24) is 9.97 Å². The van der Waals surface area contributed by atoms with Crippen LogP contribution in [0.5, 0.6) is 0 Å². The first-order valence-electron chi connectivity index (χ1n) is 6.18. The van der Waals surface area contributed by atoms with Crippen LogP contribution in [0.2, 0.25) is 5.28 Å². The zero-order chi connectivity index (χ0) is 13.9. The van der Waals surface area contributed by atoms with Crippen molar-refractivity contribution in [1.29, 1.82) is 0 Å². The van der Waals surface area contributed by atoms with E-state index in [2.05, 4.69) is 28.2 Å². The van der Waals surface area contributed by atoms with E-state index >= 15 is 0 Å². The zero-order valence-corrected chi connectivity index (χ0v) is 11.4. The molecule has 0 fully saturated rings. The third-order valence-electron chi connectivity index (χ3n) is 3.09. The van der Waals surface area contributed by atoms with Crippen LogP contribution in [-0.4, -0.2) is 9.97 Å². The molecule has 0 aliphatic rings. The van der Waals surface area contributed by atoms with E-state index in [0.717, 1.165) is 22.3 Å². The van der Waals surface area contributed by atoms with Crippen molar-refractivity contribution in [3.05, 3.63) is 66.1 Å². The third kappa shape index (κ3) is 2.36. The summed E-state index contributed by atoms with van der Waals surface area (Å²) in [4.78, 5) is 8.04. The lowest BCUT2D eigenvalue weighted by Crippen LogP contribution is -1.97. The summed E-state index contributed by atoms with van der Waals surface area (Å²) in [6, 6.07) is 18.2. The van der Waals surface area contributed by atoms with Crippen LogP contribution in [0.25, 0.3) is 22.3 Å². The van der Waals surface area contributed by atoms with Crippen LogP contribution >= 0.6 is 11.6 Å². The molecule has 0 amide bonds. The summed E-state index contributed by atoms with van der Waals surface area (Å²) in [5, 5.41) is 0.156. The average Bonchev–Trinajstić information content (AvgIpc) is 2.48. The Labute approximate surface area is 122 Å². The fourth-order valence-corrected chi connectivity index (χ4v) is 2.31. The Hall–Kier alpha value is -2.39. The van der Waals surface area contributed by atoms with E-state index in [4.69, 9.17) is 17.3 Å². The van der Waals surface area contributed by atoms with Crippen molar-refractivity contribution in [2.24, 2.45) is 0 Å². The number of rotatable bonds is 2. The highest BCUT2D eigenvalue weighted by Gasteiger charge is 2.11. The molecule has 4 heteroatoms. The van der Waals surface area contributed by atoms with Gasteiger partial charge in [-0.1, -0.05) is 54.6 Å². The monoisotopic (exact) mass is 281 g/mol. The summed E-state index contributed by atoms with van der Waals surface area (Å²) in [7, 11) is 0. The summed E-state index contributed by atoms with van der Waals surface area (Å²) in [6.45, 7) is 0. The molecular weight excluding hydrogens is 270 g/mol. The predicted octanol–water partition coefficient (Wildman–Crippen LogP) is 4.05. The van der Waals surface area contributed by atoms with Crippen LogP contribution in [0.15, 0.2) is 60.8 Å². The Morgan fingerprint density at radius 1 is 0.800 bits per heavy atom. The molecule has 0 spiro atoms. The van der Waals surface area contributed by atoms with E-state index in [-0.39, 0.29) is 5.28 Å². The molecule has 1 aromatic heterocycles. The molecule has 20 heavy (non-hydrogen) atoms. The predicted molar refractivity (Wildman–Crippen MR) is 82.3 cm³/mol. The molecule has 98 valence electrons. The molecule has 1 heterocycles. The lowest BCUT2D eigenvalue weighted by molar-refractivity contribution is 1.18. The maximum atomic E-state index is 5.96. The Balaban J connectivity index is 2.20. The summed E-state index contributed by atoms with van der Waals surface area (Å²) in [5.74, 6) is 0.383. The highest BCUT2D eigenvalue weighted by atomic mass is 35.5. The topological polar surface area (TPSA) is 51.8 Å². The first-order valence-corrected chi connectivity index (χ1v) is 6.56. The van der Waals surface area contributed by atoms with E-state index in [0.29, 0.717) is 5.82 Å². The number of halogens is 1. The number of anilines is 1. The van der Waals surface area contributed by atoms with Crippen molar-refractivity contribution < 1.29 is 0 Å². The zero-order valence-electron chi connectivity index (χ0n) is 10.6. The van der Waals surface area contributed by atoms with Gasteiger partial charge in [-0.3, -0.25) is 0 Å². The van der Waals surface area contributed by atoms with Crippen LogP contribution in [0.4, 0.5) is 5.82 Å². The highest BCUT2D eigenvalue weighted by molar-refractivity contribution is 6.28. The Morgan fingerprint density at radius 2 is 1.45 bits per heavy atom. The number of hydrogen-bond donors (Lipinski definition) is 1. The van der Waals surface area contributed by atoms with Gasteiger partial charge in [0.1, 0.15) is 5.82 Å². The first-order chi connectivity index (χ1) is 9.75. The Kier molecular flexibility index (Phi) is 3.35. The molecule has 0 radical (unpaired) electrons. The third-order valence-corrected chi connectivity index (χ3v) is 3.27. The van der Waals surface area contributed by atoms with E-state index in [1.807, 2.05) is 36.4 Å². The van der Waals surface area contributed by atoms with E-state index in [1.54, 1.807) is 6.20 Å². The quantitative estimate of drug-likeness (QED) is 0.721. The van der Waals surface area contributed by atoms with Crippen molar-refractivity contribution >= 4 is 17.4 Å². The summed E-state index contributed by atoms with van der Waals surface area (Å²) in [6.07, 6.45) is 1.66. The maximum Gasteiger partial charge on any atom is 0.224 e. The molecule has 2 N–H and O–H groups in total. The second-order valence-corrected chi connectivity index (χ2v) is 4.69. The molecule has 0 saturated carbocycles. The van der Waals surface area contributed by atoms with Gasteiger partial charge in [-0.2, -0.15) is 0 Å². The van der Waals surface area contributed by atoms with Gasteiger partial charge in [-0.05, 0) is 28.3 Å². The van der Waals surface area contributed by atoms with Crippen LogP contribution in [-0.2, 0) is 0 Å². The first kappa shape index (κ1) is 12.6.